The number of rotatable bonds is 2. The molecule has 1 aromatic carbocycles. The van der Waals surface area contributed by atoms with Gasteiger partial charge in [0.25, 0.3) is 0 Å². The van der Waals surface area contributed by atoms with E-state index in [9.17, 15) is 5.11 Å². The summed E-state index contributed by atoms with van der Waals surface area (Å²) in [5, 5.41) is 16.2. The van der Waals surface area contributed by atoms with Crippen LogP contribution in [-0.4, -0.2) is 21.6 Å². The van der Waals surface area contributed by atoms with E-state index in [0.29, 0.717) is 11.4 Å². The van der Waals surface area contributed by atoms with Gasteiger partial charge in [0.2, 0.25) is 0 Å². The Morgan fingerprint density at radius 1 is 1.40 bits per heavy atom. The molecule has 2 rings (SSSR count). The van der Waals surface area contributed by atoms with E-state index < -0.39 is 0 Å². The minimum Gasteiger partial charge on any atom is -0.507 e. The molecule has 0 spiro atoms. The fraction of sp³-hybridized carbons (Fsp3) is 0.100. The molecular weight excluding hydrogens is 210 g/mol. The number of aromatic hydroxyl groups is 1. The van der Waals surface area contributed by atoms with E-state index in [1.807, 2.05) is 18.4 Å². The average Bonchev–Trinajstić information content (AvgIpc) is 2.65. The Morgan fingerprint density at radius 3 is 2.80 bits per heavy atom. The van der Waals surface area contributed by atoms with Crippen molar-refractivity contribution in [3.8, 4) is 16.9 Å². The largest absolute Gasteiger partial charge is 0.507 e. The van der Waals surface area contributed by atoms with Crippen molar-refractivity contribution in [2.24, 2.45) is 0 Å². The summed E-state index contributed by atoms with van der Waals surface area (Å²) in [6.45, 7) is 0. The normalized spacial score (nSPS) is 10.5. The summed E-state index contributed by atoms with van der Waals surface area (Å²) in [5.74, 6) is 0.671. The number of hydrogen-bond acceptors (Lipinski definition) is 4. The highest BCUT2D eigenvalue weighted by Crippen LogP contribution is 2.34. The molecule has 2 aromatic rings. The van der Waals surface area contributed by atoms with Gasteiger partial charge in [0.15, 0.2) is 0 Å². The van der Waals surface area contributed by atoms with Gasteiger partial charge >= 0.3 is 0 Å². The number of phenols is 1. The molecule has 0 atom stereocenters. The molecule has 0 saturated carbocycles. The van der Waals surface area contributed by atoms with Crippen molar-refractivity contribution in [3.63, 3.8) is 0 Å². The molecule has 0 bridgehead atoms. The number of anilines is 1. The number of nitrogen functional groups attached to an aromatic ring is 1. The number of nitrogens with zero attached hydrogens (tertiary/aromatic N) is 1. The van der Waals surface area contributed by atoms with Crippen LogP contribution in [0.25, 0.3) is 11.1 Å². The average molecular weight is 221 g/mol. The lowest BCUT2D eigenvalue weighted by Crippen LogP contribution is -1.88. The number of nitrogens with two attached hydrogens (primary N) is 1. The quantitative estimate of drug-likeness (QED) is 0.679. The zero-order valence-corrected chi connectivity index (χ0v) is 9.01. The van der Waals surface area contributed by atoms with Crippen molar-refractivity contribution in [3.05, 3.63) is 24.4 Å². The van der Waals surface area contributed by atoms with Crippen LogP contribution in [0.5, 0.6) is 5.75 Å². The van der Waals surface area contributed by atoms with Crippen molar-refractivity contribution in [1.29, 1.82) is 0 Å². The maximum atomic E-state index is 9.72. The lowest BCUT2D eigenvalue weighted by molar-refractivity contribution is 0.477. The third-order valence-electron chi connectivity index (χ3n) is 2.16. The number of H-pyrrole nitrogens is 1. The Hall–Kier alpha value is -1.62. The zero-order valence-electron chi connectivity index (χ0n) is 8.19. The van der Waals surface area contributed by atoms with Crippen molar-refractivity contribution < 1.29 is 5.11 Å². The fourth-order valence-corrected chi connectivity index (χ4v) is 1.81. The Labute approximate surface area is 91.5 Å². The minimum absolute atomic E-state index is 0.209. The zero-order chi connectivity index (χ0) is 10.8. The molecule has 15 heavy (non-hydrogen) atoms. The predicted molar refractivity (Wildman–Crippen MR) is 61.9 cm³/mol. The summed E-state index contributed by atoms with van der Waals surface area (Å²) in [6.07, 6.45) is 3.59. The van der Waals surface area contributed by atoms with Crippen LogP contribution in [0.3, 0.4) is 0 Å². The standard InChI is InChI=1S/C10H11N3OS/c1-15-6-2-3-9(14)7(4-6)8-5-12-13-10(8)11/h2-5,14H,1H3,(H3,11,12,13). The van der Waals surface area contributed by atoms with Gasteiger partial charge in [-0.05, 0) is 24.5 Å². The van der Waals surface area contributed by atoms with E-state index >= 15 is 0 Å². The van der Waals surface area contributed by atoms with Gasteiger partial charge in [-0.3, -0.25) is 5.10 Å². The van der Waals surface area contributed by atoms with E-state index in [1.54, 1.807) is 24.0 Å². The van der Waals surface area contributed by atoms with Gasteiger partial charge in [-0.25, -0.2) is 0 Å². The molecule has 0 amide bonds. The van der Waals surface area contributed by atoms with E-state index in [1.165, 1.54) is 0 Å². The first-order valence-corrected chi connectivity index (χ1v) is 5.61. The predicted octanol–water partition coefficient (Wildman–Crippen LogP) is 2.09. The van der Waals surface area contributed by atoms with Gasteiger partial charge in [0, 0.05) is 16.0 Å². The molecule has 0 aliphatic carbocycles. The van der Waals surface area contributed by atoms with Crippen LogP contribution in [0.15, 0.2) is 29.3 Å². The SMILES string of the molecule is CSc1ccc(O)c(-c2cn[nH]c2N)c1. The first kappa shape index (κ1) is 9.92. The fourth-order valence-electron chi connectivity index (χ4n) is 1.37. The van der Waals surface area contributed by atoms with E-state index in [0.717, 1.165) is 10.5 Å². The van der Waals surface area contributed by atoms with Crippen molar-refractivity contribution in [2.45, 2.75) is 4.90 Å². The Balaban J connectivity index is 2.56. The molecule has 78 valence electrons. The summed E-state index contributed by atoms with van der Waals surface area (Å²) >= 11 is 1.61. The van der Waals surface area contributed by atoms with Gasteiger partial charge in [-0.15, -0.1) is 11.8 Å². The smallest absolute Gasteiger partial charge is 0.126 e. The van der Waals surface area contributed by atoms with Gasteiger partial charge < -0.3 is 10.8 Å². The number of aromatic amines is 1. The molecular formula is C10H11N3OS. The topological polar surface area (TPSA) is 74.9 Å². The number of hydrogen-bond donors (Lipinski definition) is 3. The van der Waals surface area contributed by atoms with Crippen molar-refractivity contribution in [1.82, 2.24) is 10.2 Å². The highest BCUT2D eigenvalue weighted by atomic mass is 32.2. The Morgan fingerprint density at radius 2 is 2.20 bits per heavy atom. The van der Waals surface area contributed by atoms with E-state index in [-0.39, 0.29) is 5.75 Å². The van der Waals surface area contributed by atoms with Crippen molar-refractivity contribution in [2.75, 3.05) is 12.0 Å². The third-order valence-corrected chi connectivity index (χ3v) is 2.89. The molecule has 1 aromatic heterocycles. The lowest BCUT2D eigenvalue weighted by atomic mass is 10.1. The molecule has 0 aliphatic heterocycles. The van der Waals surface area contributed by atoms with Crippen LogP contribution < -0.4 is 5.73 Å². The van der Waals surface area contributed by atoms with E-state index in [4.69, 9.17) is 5.73 Å². The first-order chi connectivity index (χ1) is 7.22. The Bertz CT molecular complexity index is 481. The third kappa shape index (κ3) is 1.78. The van der Waals surface area contributed by atoms with Crippen LogP contribution in [0.4, 0.5) is 5.82 Å². The maximum absolute atomic E-state index is 9.72. The van der Waals surface area contributed by atoms with E-state index in [2.05, 4.69) is 10.2 Å². The Kier molecular flexibility index (Phi) is 2.55. The van der Waals surface area contributed by atoms with Crippen molar-refractivity contribution >= 4 is 17.6 Å². The van der Waals surface area contributed by atoms with Crippen LogP contribution in [0.1, 0.15) is 0 Å². The van der Waals surface area contributed by atoms with Gasteiger partial charge in [0.1, 0.15) is 11.6 Å². The molecule has 1 heterocycles. The second-order valence-electron chi connectivity index (χ2n) is 3.08. The number of nitrogens with one attached hydrogen (secondary N) is 1. The molecule has 0 aliphatic rings. The highest BCUT2D eigenvalue weighted by molar-refractivity contribution is 7.98. The van der Waals surface area contributed by atoms with Crippen LogP contribution in [0, 0.1) is 0 Å². The molecule has 5 heteroatoms. The molecule has 0 radical (unpaired) electrons. The molecule has 0 fully saturated rings. The number of benzene rings is 1. The number of thioether (sulfide) groups is 1. The second-order valence-corrected chi connectivity index (χ2v) is 3.96. The number of aromatic nitrogens is 2. The summed E-state index contributed by atoms with van der Waals surface area (Å²) in [4.78, 5) is 1.07. The van der Waals surface area contributed by atoms with Gasteiger partial charge in [0.05, 0.1) is 6.20 Å². The first-order valence-electron chi connectivity index (χ1n) is 4.38. The second kappa shape index (κ2) is 3.86. The monoisotopic (exact) mass is 221 g/mol. The van der Waals surface area contributed by atoms with Gasteiger partial charge in [-0.2, -0.15) is 5.10 Å². The van der Waals surface area contributed by atoms with Crippen LogP contribution >= 0.6 is 11.8 Å². The summed E-state index contributed by atoms with van der Waals surface area (Å²) < 4.78 is 0. The van der Waals surface area contributed by atoms with Gasteiger partial charge in [-0.1, -0.05) is 0 Å². The minimum atomic E-state index is 0.209. The van der Waals surface area contributed by atoms with Crippen LogP contribution in [0.2, 0.25) is 0 Å². The molecule has 4 N–H and O–H groups in total. The summed E-state index contributed by atoms with van der Waals surface area (Å²) in [6, 6.07) is 5.41. The number of phenolic OH excluding ortho intramolecular Hbond substituents is 1. The molecule has 0 saturated heterocycles. The van der Waals surface area contributed by atoms with Crippen LogP contribution in [-0.2, 0) is 0 Å². The summed E-state index contributed by atoms with van der Waals surface area (Å²) in [5.41, 5.74) is 7.12. The summed E-state index contributed by atoms with van der Waals surface area (Å²) in [7, 11) is 0. The lowest BCUT2D eigenvalue weighted by Gasteiger charge is -2.05. The highest BCUT2D eigenvalue weighted by Gasteiger charge is 2.09. The molecule has 4 nitrogen and oxygen atoms in total. The maximum Gasteiger partial charge on any atom is 0.126 e. The molecule has 0 unspecified atom stereocenters.